The summed E-state index contributed by atoms with van der Waals surface area (Å²) < 4.78 is 5.76. The minimum atomic E-state index is -0.161. The number of amides is 1. The predicted octanol–water partition coefficient (Wildman–Crippen LogP) is 6.86. The first kappa shape index (κ1) is 24.8. The van der Waals surface area contributed by atoms with Crippen molar-refractivity contribution in [3.8, 4) is 5.75 Å². The Balaban J connectivity index is 1.37. The Morgan fingerprint density at radius 3 is 2.60 bits per heavy atom. The fraction of sp³-hybridized carbons (Fsp3) is 0.400. The van der Waals surface area contributed by atoms with E-state index in [4.69, 9.17) is 9.72 Å². The normalized spacial score (nSPS) is 14.7. The molecule has 0 bridgehead atoms. The van der Waals surface area contributed by atoms with Crippen molar-refractivity contribution >= 4 is 34.4 Å². The van der Waals surface area contributed by atoms with Crippen LogP contribution in [0.25, 0.3) is 17.0 Å². The number of fused-ring (bicyclic) bond motifs is 1. The van der Waals surface area contributed by atoms with Crippen LogP contribution in [0.4, 0.5) is 11.5 Å². The van der Waals surface area contributed by atoms with Gasteiger partial charge in [0.2, 0.25) is 5.91 Å². The number of nitrogens with zero attached hydrogens (tertiary/aromatic N) is 2. The summed E-state index contributed by atoms with van der Waals surface area (Å²) >= 11 is 0. The Hall–Kier alpha value is -3.34. The summed E-state index contributed by atoms with van der Waals surface area (Å²) in [5, 5.41) is 4.04. The maximum atomic E-state index is 12.5. The number of piperidine rings is 1. The third-order valence-corrected chi connectivity index (χ3v) is 6.65. The van der Waals surface area contributed by atoms with Crippen LogP contribution in [-0.4, -0.2) is 30.6 Å². The third kappa shape index (κ3) is 6.84. The van der Waals surface area contributed by atoms with Gasteiger partial charge in [0.25, 0.3) is 0 Å². The molecular weight excluding hydrogens is 434 g/mol. The van der Waals surface area contributed by atoms with E-state index in [1.165, 1.54) is 18.4 Å². The maximum absolute atomic E-state index is 12.5. The number of nitrogens with one attached hydrogen (secondary N) is 1. The largest absolute Gasteiger partial charge is 0.494 e. The molecule has 0 atom stereocenters. The first-order valence-corrected chi connectivity index (χ1v) is 12.8. The van der Waals surface area contributed by atoms with Gasteiger partial charge in [-0.25, -0.2) is 4.98 Å². The van der Waals surface area contributed by atoms with Crippen molar-refractivity contribution in [2.75, 3.05) is 29.9 Å². The third-order valence-electron chi connectivity index (χ3n) is 6.65. The summed E-state index contributed by atoms with van der Waals surface area (Å²) in [6.45, 7) is 11.6. The molecule has 0 unspecified atom stereocenters. The molecule has 1 aliphatic heterocycles. The topological polar surface area (TPSA) is 54.5 Å². The van der Waals surface area contributed by atoms with Gasteiger partial charge in [-0.1, -0.05) is 32.9 Å². The van der Waals surface area contributed by atoms with Crippen molar-refractivity contribution < 1.29 is 9.53 Å². The Morgan fingerprint density at radius 1 is 1.14 bits per heavy atom. The molecule has 0 saturated carbocycles. The highest BCUT2D eigenvalue weighted by molar-refractivity contribution is 6.03. The lowest BCUT2D eigenvalue weighted by atomic mass is 9.99. The maximum Gasteiger partial charge on any atom is 0.248 e. The number of rotatable bonds is 8. The highest BCUT2D eigenvalue weighted by Gasteiger charge is 2.18. The second-order valence-electron chi connectivity index (χ2n) is 10.1. The van der Waals surface area contributed by atoms with E-state index in [0.29, 0.717) is 5.92 Å². The molecule has 5 heteroatoms. The lowest BCUT2D eigenvalue weighted by molar-refractivity contribution is -0.111. The standard InChI is InChI=1S/C30H37N3O2/c1-21(2)15-18-35-26-9-5-24(6-10-26)7-12-30(34)31-25-8-11-28-27(20-25)23(4)19-29(32-28)33-16-13-22(3)14-17-33/h5-12,19-22H,13-18H2,1-4H3,(H,31,34)/b12-7+. The Morgan fingerprint density at radius 2 is 1.89 bits per heavy atom. The molecule has 0 spiro atoms. The van der Waals surface area contributed by atoms with E-state index in [1.54, 1.807) is 6.08 Å². The zero-order valence-electron chi connectivity index (χ0n) is 21.4. The van der Waals surface area contributed by atoms with E-state index in [-0.39, 0.29) is 5.91 Å². The lowest BCUT2D eigenvalue weighted by Gasteiger charge is -2.31. The first-order chi connectivity index (χ1) is 16.9. The van der Waals surface area contributed by atoms with Crippen LogP contribution in [0.2, 0.25) is 0 Å². The number of anilines is 2. The van der Waals surface area contributed by atoms with Gasteiger partial charge in [-0.15, -0.1) is 0 Å². The number of ether oxygens (including phenoxy) is 1. The Kier molecular flexibility index (Phi) is 8.06. The molecule has 184 valence electrons. The molecule has 1 fully saturated rings. The average molecular weight is 472 g/mol. The van der Waals surface area contributed by atoms with Crippen LogP contribution in [0.5, 0.6) is 5.75 Å². The smallest absolute Gasteiger partial charge is 0.248 e. The quantitative estimate of drug-likeness (QED) is 0.365. The first-order valence-electron chi connectivity index (χ1n) is 12.8. The van der Waals surface area contributed by atoms with Gasteiger partial charge in [0.15, 0.2) is 0 Å². The van der Waals surface area contributed by atoms with Crippen molar-refractivity contribution in [3.05, 3.63) is 65.7 Å². The number of aryl methyl sites for hydroxylation is 1. The van der Waals surface area contributed by atoms with Gasteiger partial charge >= 0.3 is 0 Å². The summed E-state index contributed by atoms with van der Waals surface area (Å²) in [6.07, 6.45) is 6.84. The van der Waals surface area contributed by atoms with Crippen LogP contribution in [0.1, 0.15) is 51.2 Å². The lowest BCUT2D eigenvalue weighted by Crippen LogP contribution is -2.33. The second-order valence-corrected chi connectivity index (χ2v) is 10.1. The van der Waals surface area contributed by atoms with Gasteiger partial charge in [-0.2, -0.15) is 0 Å². The molecule has 1 N–H and O–H groups in total. The summed E-state index contributed by atoms with van der Waals surface area (Å²) in [5.74, 6) is 3.16. The number of aromatic nitrogens is 1. The van der Waals surface area contributed by atoms with Gasteiger partial charge < -0.3 is 15.0 Å². The summed E-state index contributed by atoms with van der Waals surface area (Å²) in [7, 11) is 0. The van der Waals surface area contributed by atoms with Gasteiger partial charge in [-0.3, -0.25) is 4.79 Å². The Labute approximate surface area is 209 Å². The van der Waals surface area contributed by atoms with Crippen LogP contribution < -0.4 is 15.0 Å². The van der Waals surface area contributed by atoms with E-state index in [2.05, 4.69) is 44.0 Å². The SMILES string of the molecule is Cc1cc(N2CCC(C)CC2)nc2ccc(NC(=O)/C=C/c3ccc(OCCC(C)C)cc3)cc12. The molecule has 1 aromatic heterocycles. The van der Waals surface area contributed by atoms with E-state index in [1.807, 2.05) is 48.5 Å². The van der Waals surface area contributed by atoms with Crippen LogP contribution >= 0.6 is 0 Å². The van der Waals surface area contributed by atoms with Crippen LogP contribution in [0.3, 0.4) is 0 Å². The van der Waals surface area contributed by atoms with E-state index in [9.17, 15) is 4.79 Å². The van der Waals surface area contributed by atoms with Crippen LogP contribution in [-0.2, 0) is 4.79 Å². The minimum Gasteiger partial charge on any atom is -0.494 e. The predicted molar refractivity (Wildman–Crippen MR) is 146 cm³/mol. The molecule has 3 aromatic rings. The highest BCUT2D eigenvalue weighted by atomic mass is 16.5. The number of hydrogen-bond acceptors (Lipinski definition) is 4. The molecule has 1 aliphatic rings. The minimum absolute atomic E-state index is 0.161. The van der Waals surface area contributed by atoms with Crippen LogP contribution in [0.15, 0.2) is 54.6 Å². The molecule has 4 rings (SSSR count). The molecule has 35 heavy (non-hydrogen) atoms. The van der Waals surface area contributed by atoms with E-state index in [0.717, 1.165) is 65.8 Å². The number of hydrogen-bond donors (Lipinski definition) is 1. The number of benzene rings is 2. The molecule has 2 aromatic carbocycles. The highest BCUT2D eigenvalue weighted by Crippen LogP contribution is 2.28. The van der Waals surface area contributed by atoms with Crippen molar-refractivity contribution in [1.29, 1.82) is 0 Å². The Bertz CT molecular complexity index is 1180. The van der Waals surface area contributed by atoms with Gasteiger partial charge in [0.05, 0.1) is 12.1 Å². The molecular formula is C30H37N3O2. The fourth-order valence-electron chi connectivity index (χ4n) is 4.30. The molecule has 0 aliphatic carbocycles. The summed E-state index contributed by atoms with van der Waals surface area (Å²) in [4.78, 5) is 19.8. The van der Waals surface area contributed by atoms with Crippen molar-refractivity contribution in [2.24, 2.45) is 11.8 Å². The van der Waals surface area contributed by atoms with E-state index >= 15 is 0 Å². The molecule has 1 saturated heterocycles. The fourth-order valence-corrected chi connectivity index (χ4v) is 4.30. The number of pyridine rings is 1. The van der Waals surface area contributed by atoms with Crippen molar-refractivity contribution in [1.82, 2.24) is 4.98 Å². The summed E-state index contributed by atoms with van der Waals surface area (Å²) in [6, 6.07) is 15.9. The zero-order valence-corrected chi connectivity index (χ0v) is 21.4. The van der Waals surface area contributed by atoms with Crippen molar-refractivity contribution in [3.63, 3.8) is 0 Å². The molecule has 2 heterocycles. The molecule has 1 amide bonds. The van der Waals surface area contributed by atoms with Gasteiger partial charge in [0.1, 0.15) is 11.6 Å². The molecule has 5 nitrogen and oxygen atoms in total. The van der Waals surface area contributed by atoms with E-state index < -0.39 is 0 Å². The number of carbonyl (C=O) groups excluding carboxylic acids is 1. The number of carbonyl (C=O) groups is 1. The average Bonchev–Trinajstić information content (AvgIpc) is 2.84. The van der Waals surface area contributed by atoms with Gasteiger partial charge in [-0.05, 0) is 91.6 Å². The molecule has 0 radical (unpaired) electrons. The summed E-state index contributed by atoms with van der Waals surface area (Å²) in [5.41, 5.74) is 3.86. The zero-order chi connectivity index (χ0) is 24.8. The monoisotopic (exact) mass is 471 g/mol. The van der Waals surface area contributed by atoms with Crippen molar-refractivity contribution in [2.45, 2.75) is 47.0 Å². The van der Waals surface area contributed by atoms with Gasteiger partial charge in [0, 0.05) is 30.2 Å². The van der Waals surface area contributed by atoms with Crippen LogP contribution in [0, 0.1) is 18.8 Å². The second kappa shape index (κ2) is 11.4.